The highest BCUT2D eigenvalue weighted by Gasteiger charge is 2.41. The Morgan fingerprint density at radius 2 is 1.09 bits per heavy atom. The molecule has 12 heteroatoms. The van der Waals surface area contributed by atoms with Gasteiger partial charge in [-0.3, -0.25) is 9.59 Å². The molecular weight excluding hydrogens is 693 g/mol. The van der Waals surface area contributed by atoms with Crippen LogP contribution < -0.4 is 10.6 Å². The molecule has 1 aliphatic carbocycles. The smallest absolute Gasteiger partial charge is 0.201 e. The van der Waals surface area contributed by atoms with Crippen molar-refractivity contribution in [3.05, 3.63) is 96.7 Å². The molecule has 4 aromatic rings. The molecule has 0 atom stereocenters. The summed E-state index contributed by atoms with van der Waals surface area (Å²) in [5, 5.41) is 28.2. The third kappa shape index (κ3) is 6.64. The Bertz CT molecular complexity index is 1810. The van der Waals surface area contributed by atoms with E-state index in [0.29, 0.717) is 5.75 Å². The lowest BCUT2D eigenvalue weighted by molar-refractivity contribution is 0.0968. The summed E-state index contributed by atoms with van der Waals surface area (Å²) in [4.78, 5) is 28.4. The number of unbranched alkanes of at least 4 members (excludes halogenated alkanes) is 5. The molecule has 4 N–H and O–H groups in total. The molecule has 0 aliphatic heterocycles. The number of phenolic OH excluding ortho intramolecular Hbond substituents is 2. The van der Waals surface area contributed by atoms with Crippen LogP contribution in [-0.4, -0.2) is 27.5 Å². The Morgan fingerprint density at radius 3 is 1.61 bits per heavy atom. The van der Waals surface area contributed by atoms with Gasteiger partial charge in [-0.05, 0) is 48.6 Å². The maximum atomic E-state index is 17.0. The number of anilines is 4. The second-order valence-electron chi connectivity index (χ2n) is 10.7. The number of carbonyl (C=O) groups is 2. The van der Waals surface area contributed by atoms with Gasteiger partial charge in [0.05, 0.1) is 59.4 Å². The van der Waals surface area contributed by atoms with Crippen LogP contribution in [-0.2, 0) is 0 Å². The van der Waals surface area contributed by atoms with Crippen molar-refractivity contribution in [1.29, 1.82) is 0 Å². The number of rotatable bonds is 12. The van der Waals surface area contributed by atoms with E-state index in [1.54, 1.807) is 36.4 Å². The fraction of sp³-hybridized carbons (Fsp3) is 0.235. The number of fused-ring (bicyclic) bond motifs is 2. The minimum atomic E-state index is -1.10. The lowest BCUT2D eigenvalue weighted by atomic mass is 9.82. The van der Waals surface area contributed by atoms with E-state index in [1.165, 1.54) is 11.8 Å². The number of benzene rings is 4. The van der Waals surface area contributed by atoms with Crippen molar-refractivity contribution in [3.8, 4) is 11.5 Å². The predicted octanol–water partition coefficient (Wildman–Crippen LogP) is 11.6. The number of nitrogens with one attached hydrogen (secondary N) is 2. The van der Waals surface area contributed by atoms with Crippen molar-refractivity contribution in [2.24, 2.45) is 0 Å². The van der Waals surface area contributed by atoms with Crippen LogP contribution in [0.2, 0.25) is 20.1 Å². The fourth-order valence-electron chi connectivity index (χ4n) is 5.34. The third-order valence-corrected chi connectivity index (χ3v) is 10.1. The first-order valence-electron chi connectivity index (χ1n) is 14.6. The monoisotopic (exact) mass is 720 g/mol. The van der Waals surface area contributed by atoms with Gasteiger partial charge >= 0.3 is 0 Å². The summed E-state index contributed by atoms with van der Waals surface area (Å²) < 4.78 is 17.0. The van der Waals surface area contributed by atoms with Gasteiger partial charge in [-0.2, -0.15) is 0 Å². The Morgan fingerprint density at radius 1 is 0.630 bits per heavy atom. The van der Waals surface area contributed by atoms with Gasteiger partial charge in [0, 0.05) is 4.90 Å². The van der Waals surface area contributed by atoms with E-state index in [0.717, 1.165) is 50.7 Å². The van der Waals surface area contributed by atoms with E-state index in [9.17, 15) is 19.8 Å². The van der Waals surface area contributed by atoms with E-state index in [1.807, 2.05) is 0 Å². The normalized spacial score (nSPS) is 12.2. The molecule has 0 heterocycles. The Labute approximate surface area is 290 Å². The largest absolute Gasteiger partial charge is 0.507 e. The standard InChI is InChI=1S/C34H29Cl4FN2O4S/c1-2-3-4-5-6-7-16-46-34-26-25(32(44)23-21(42)14-15-22(43)24(23)33(26)45)27(39)30(40-28-17(35)10-8-11-18(28)36)31(34)41-29-19(37)12-9-13-20(29)38/h8-15,40-43H,2-7,16H2,1H3. The van der Waals surface area contributed by atoms with Crippen LogP contribution in [0.4, 0.5) is 27.1 Å². The maximum absolute atomic E-state index is 17.0. The average Bonchev–Trinajstić information content (AvgIpc) is 3.01. The summed E-state index contributed by atoms with van der Waals surface area (Å²) in [5.74, 6) is -3.45. The molecule has 6 nitrogen and oxygen atoms in total. The van der Waals surface area contributed by atoms with Crippen molar-refractivity contribution < 1.29 is 24.2 Å². The van der Waals surface area contributed by atoms with Gasteiger partial charge in [0.15, 0.2) is 11.6 Å². The van der Waals surface area contributed by atoms with Crippen molar-refractivity contribution in [2.45, 2.75) is 50.3 Å². The Kier molecular flexibility index (Phi) is 11.0. The zero-order valence-corrected chi connectivity index (χ0v) is 28.4. The van der Waals surface area contributed by atoms with Crippen LogP contribution >= 0.6 is 58.2 Å². The van der Waals surface area contributed by atoms with E-state index < -0.39 is 45.6 Å². The van der Waals surface area contributed by atoms with Crippen molar-refractivity contribution in [3.63, 3.8) is 0 Å². The van der Waals surface area contributed by atoms with Crippen LogP contribution in [0, 0.1) is 5.82 Å². The number of hydrogen-bond donors (Lipinski definition) is 4. The molecule has 240 valence electrons. The molecule has 0 saturated heterocycles. The molecule has 1 aliphatic rings. The molecule has 0 bridgehead atoms. The Balaban J connectivity index is 1.77. The average molecular weight is 722 g/mol. The number of hydrogen-bond acceptors (Lipinski definition) is 7. The van der Waals surface area contributed by atoms with E-state index >= 15 is 4.39 Å². The maximum Gasteiger partial charge on any atom is 0.201 e. The quantitative estimate of drug-likeness (QED) is 0.0578. The van der Waals surface area contributed by atoms with Crippen LogP contribution in [0.15, 0.2) is 53.4 Å². The highest BCUT2D eigenvalue weighted by atomic mass is 35.5. The topological polar surface area (TPSA) is 98.7 Å². The highest BCUT2D eigenvalue weighted by molar-refractivity contribution is 7.99. The first-order valence-corrected chi connectivity index (χ1v) is 17.1. The van der Waals surface area contributed by atoms with Gasteiger partial charge < -0.3 is 20.8 Å². The summed E-state index contributed by atoms with van der Waals surface area (Å²) in [6, 6.07) is 11.8. The number of phenols is 2. The molecule has 0 radical (unpaired) electrons. The number of ketones is 2. The lowest BCUT2D eigenvalue weighted by Gasteiger charge is -2.28. The van der Waals surface area contributed by atoms with Gasteiger partial charge in [-0.1, -0.05) is 97.6 Å². The second kappa shape index (κ2) is 14.7. The zero-order valence-electron chi connectivity index (χ0n) is 24.6. The van der Waals surface area contributed by atoms with Crippen molar-refractivity contribution in [2.75, 3.05) is 16.4 Å². The molecule has 0 saturated carbocycles. The highest BCUT2D eigenvalue weighted by Crippen LogP contribution is 2.51. The number of para-hydroxylation sites is 2. The molecule has 4 aromatic carbocycles. The van der Waals surface area contributed by atoms with Crippen molar-refractivity contribution >= 4 is 92.5 Å². The molecule has 0 aromatic heterocycles. The molecule has 46 heavy (non-hydrogen) atoms. The predicted molar refractivity (Wildman–Crippen MR) is 187 cm³/mol. The summed E-state index contributed by atoms with van der Waals surface area (Å²) >= 11 is 27.3. The van der Waals surface area contributed by atoms with Crippen LogP contribution in [0.25, 0.3) is 0 Å². The van der Waals surface area contributed by atoms with Crippen LogP contribution in [0.3, 0.4) is 0 Å². The van der Waals surface area contributed by atoms with E-state index in [4.69, 9.17) is 46.4 Å². The summed E-state index contributed by atoms with van der Waals surface area (Å²) in [6.07, 6.45) is 6.09. The van der Waals surface area contributed by atoms with Gasteiger partial charge in [0.2, 0.25) is 5.78 Å². The SMILES string of the molecule is CCCCCCCCSc1c(Nc2c(Cl)cccc2Cl)c(Nc2c(Cl)cccc2Cl)c(F)c2c1C(=O)c1c(O)ccc(O)c1C2=O. The summed E-state index contributed by atoms with van der Waals surface area (Å²) in [5.41, 5.74) is -1.52. The zero-order chi connectivity index (χ0) is 33.1. The molecule has 0 fully saturated rings. The fourth-order valence-corrected chi connectivity index (χ4v) is 7.51. The molecule has 0 spiro atoms. The molecular formula is C34H29Cl4FN2O4S. The number of halogens is 5. The Hall–Kier alpha value is -3.14. The van der Waals surface area contributed by atoms with E-state index in [2.05, 4.69) is 17.6 Å². The second-order valence-corrected chi connectivity index (χ2v) is 13.4. The number of aromatic hydroxyl groups is 2. The van der Waals surface area contributed by atoms with Crippen molar-refractivity contribution in [1.82, 2.24) is 0 Å². The third-order valence-electron chi connectivity index (χ3n) is 7.63. The number of carbonyl (C=O) groups excluding carboxylic acids is 2. The summed E-state index contributed by atoms with van der Waals surface area (Å²) in [6.45, 7) is 2.14. The van der Waals surface area contributed by atoms with Gasteiger partial charge in [-0.25, -0.2) is 4.39 Å². The minimum absolute atomic E-state index is 0.0578. The molecule has 0 unspecified atom stereocenters. The first kappa shape index (κ1) is 34.2. The summed E-state index contributed by atoms with van der Waals surface area (Å²) in [7, 11) is 0. The minimum Gasteiger partial charge on any atom is -0.507 e. The molecule has 0 amide bonds. The van der Waals surface area contributed by atoms with Gasteiger partial charge in [0.1, 0.15) is 17.2 Å². The van der Waals surface area contributed by atoms with Crippen LogP contribution in [0.5, 0.6) is 11.5 Å². The lowest BCUT2D eigenvalue weighted by Crippen LogP contribution is -2.25. The van der Waals surface area contributed by atoms with Gasteiger partial charge in [0.25, 0.3) is 0 Å². The molecule has 5 rings (SSSR count). The van der Waals surface area contributed by atoms with Gasteiger partial charge in [-0.15, -0.1) is 11.8 Å². The van der Waals surface area contributed by atoms with Crippen LogP contribution in [0.1, 0.15) is 77.3 Å². The first-order chi connectivity index (χ1) is 22.1. The number of thioether (sulfide) groups is 1. The van der Waals surface area contributed by atoms with E-state index in [-0.39, 0.29) is 53.3 Å².